The maximum absolute atomic E-state index is 5.39. The summed E-state index contributed by atoms with van der Waals surface area (Å²) < 4.78 is 16.0. The summed E-state index contributed by atoms with van der Waals surface area (Å²) in [6.07, 6.45) is 0. The van der Waals surface area contributed by atoms with Crippen LogP contribution >= 0.6 is 11.3 Å². The standard InChI is InChI=1S/C37H32N2O3S/c1-40-33-18-10-29(11-19-33)38-28-8-4-26(5-9-28)36-24-25-37(43-36)27-6-12-30(13-7-27)39(31-14-20-34(41-2)21-15-31)32-16-22-35(42-3)23-17-32/h4-25,38H,1-3H3. The van der Waals surface area contributed by atoms with Crippen molar-refractivity contribution in [2.24, 2.45) is 0 Å². The molecule has 0 saturated carbocycles. The molecule has 0 spiro atoms. The second-order valence-electron chi connectivity index (χ2n) is 9.87. The summed E-state index contributed by atoms with van der Waals surface area (Å²) in [5.41, 5.74) is 7.59. The first-order chi connectivity index (χ1) is 21.1. The van der Waals surface area contributed by atoms with Gasteiger partial charge >= 0.3 is 0 Å². The highest BCUT2D eigenvalue weighted by Crippen LogP contribution is 2.39. The van der Waals surface area contributed by atoms with Crippen LogP contribution in [0.25, 0.3) is 20.9 Å². The van der Waals surface area contributed by atoms with Crippen molar-refractivity contribution >= 4 is 39.8 Å². The normalized spacial score (nSPS) is 10.7. The minimum atomic E-state index is 0.824. The van der Waals surface area contributed by atoms with Gasteiger partial charge in [-0.15, -0.1) is 11.3 Å². The lowest BCUT2D eigenvalue weighted by molar-refractivity contribution is 0.414. The number of benzene rings is 5. The first-order valence-corrected chi connectivity index (χ1v) is 14.8. The molecule has 0 unspecified atom stereocenters. The number of anilines is 5. The largest absolute Gasteiger partial charge is 0.497 e. The fourth-order valence-corrected chi connectivity index (χ4v) is 5.91. The molecule has 0 aliphatic rings. The lowest BCUT2D eigenvalue weighted by Gasteiger charge is -2.26. The number of methoxy groups -OCH3 is 3. The van der Waals surface area contributed by atoms with Gasteiger partial charge in [-0.25, -0.2) is 0 Å². The van der Waals surface area contributed by atoms with Crippen molar-refractivity contribution in [3.05, 3.63) is 133 Å². The van der Waals surface area contributed by atoms with Crippen molar-refractivity contribution in [1.82, 2.24) is 0 Å². The Morgan fingerprint density at radius 3 is 1.14 bits per heavy atom. The smallest absolute Gasteiger partial charge is 0.119 e. The maximum Gasteiger partial charge on any atom is 0.119 e. The van der Waals surface area contributed by atoms with E-state index in [1.54, 1.807) is 32.7 Å². The van der Waals surface area contributed by atoms with Crippen LogP contribution in [-0.4, -0.2) is 21.3 Å². The van der Waals surface area contributed by atoms with Gasteiger partial charge in [-0.2, -0.15) is 0 Å². The molecule has 0 aliphatic heterocycles. The Bertz CT molecular complexity index is 1710. The predicted molar refractivity (Wildman–Crippen MR) is 179 cm³/mol. The Kier molecular flexibility index (Phi) is 8.29. The maximum atomic E-state index is 5.39. The van der Waals surface area contributed by atoms with E-state index < -0.39 is 0 Å². The molecule has 0 aliphatic carbocycles. The van der Waals surface area contributed by atoms with Gasteiger partial charge in [0.15, 0.2) is 0 Å². The fraction of sp³-hybridized carbons (Fsp3) is 0.0811. The first kappa shape index (κ1) is 27.9. The lowest BCUT2D eigenvalue weighted by atomic mass is 10.1. The predicted octanol–water partition coefficient (Wildman–Crippen LogP) is 10.3. The molecule has 5 nitrogen and oxygen atoms in total. The van der Waals surface area contributed by atoms with Crippen molar-refractivity contribution in [3.63, 3.8) is 0 Å². The monoisotopic (exact) mass is 584 g/mol. The van der Waals surface area contributed by atoms with E-state index >= 15 is 0 Å². The highest BCUT2D eigenvalue weighted by atomic mass is 32.1. The molecule has 0 atom stereocenters. The van der Waals surface area contributed by atoms with Crippen LogP contribution in [0.1, 0.15) is 0 Å². The molecule has 0 saturated heterocycles. The number of hydrogen-bond donors (Lipinski definition) is 1. The third-order valence-corrected chi connectivity index (χ3v) is 8.41. The van der Waals surface area contributed by atoms with Gasteiger partial charge in [-0.3, -0.25) is 0 Å². The SMILES string of the molecule is COc1ccc(Nc2ccc(-c3ccc(-c4ccc(N(c5ccc(OC)cc5)c5ccc(OC)cc5)cc4)s3)cc2)cc1. The molecule has 214 valence electrons. The number of nitrogens with one attached hydrogen (secondary N) is 1. The molecule has 6 heteroatoms. The number of thiophene rings is 1. The van der Waals surface area contributed by atoms with E-state index in [1.807, 2.05) is 48.5 Å². The van der Waals surface area contributed by atoms with Crippen molar-refractivity contribution in [2.45, 2.75) is 0 Å². The summed E-state index contributed by atoms with van der Waals surface area (Å²) in [5.74, 6) is 2.49. The van der Waals surface area contributed by atoms with Crippen LogP contribution in [0.3, 0.4) is 0 Å². The van der Waals surface area contributed by atoms with Gasteiger partial charge in [0.25, 0.3) is 0 Å². The molecule has 0 radical (unpaired) electrons. The van der Waals surface area contributed by atoms with E-state index in [2.05, 4.69) is 95.1 Å². The Labute approximate surface area is 256 Å². The van der Waals surface area contributed by atoms with Gasteiger partial charge in [0.2, 0.25) is 0 Å². The summed E-state index contributed by atoms with van der Waals surface area (Å²) in [6, 6.07) is 45.8. The molecule has 0 fully saturated rings. The van der Waals surface area contributed by atoms with Crippen LogP contribution in [-0.2, 0) is 0 Å². The third kappa shape index (κ3) is 6.35. The quantitative estimate of drug-likeness (QED) is 0.174. The highest BCUT2D eigenvalue weighted by molar-refractivity contribution is 7.18. The van der Waals surface area contributed by atoms with Crippen molar-refractivity contribution in [2.75, 3.05) is 31.5 Å². The molecule has 0 bridgehead atoms. The van der Waals surface area contributed by atoms with Gasteiger partial charge in [-0.1, -0.05) is 24.3 Å². The number of ether oxygens (including phenoxy) is 3. The first-order valence-electron chi connectivity index (χ1n) is 13.9. The molecule has 43 heavy (non-hydrogen) atoms. The lowest BCUT2D eigenvalue weighted by Crippen LogP contribution is -2.09. The zero-order valence-corrected chi connectivity index (χ0v) is 25.1. The summed E-state index contributed by atoms with van der Waals surface area (Å²) in [7, 11) is 5.04. The van der Waals surface area contributed by atoms with Gasteiger partial charge in [0.1, 0.15) is 17.2 Å². The van der Waals surface area contributed by atoms with E-state index in [9.17, 15) is 0 Å². The van der Waals surface area contributed by atoms with E-state index in [0.29, 0.717) is 0 Å². The number of hydrogen-bond acceptors (Lipinski definition) is 6. The Morgan fingerprint density at radius 1 is 0.419 bits per heavy atom. The Morgan fingerprint density at radius 2 is 0.744 bits per heavy atom. The zero-order valence-electron chi connectivity index (χ0n) is 24.3. The van der Waals surface area contributed by atoms with Gasteiger partial charge in [0, 0.05) is 38.2 Å². The topological polar surface area (TPSA) is 43.0 Å². The van der Waals surface area contributed by atoms with Gasteiger partial charge in [-0.05, 0) is 120 Å². The van der Waals surface area contributed by atoms with Crippen molar-refractivity contribution < 1.29 is 14.2 Å². The number of rotatable bonds is 10. The summed E-state index contributed by atoms with van der Waals surface area (Å²) in [6.45, 7) is 0. The highest BCUT2D eigenvalue weighted by Gasteiger charge is 2.14. The third-order valence-electron chi connectivity index (χ3n) is 7.23. The van der Waals surface area contributed by atoms with E-state index in [-0.39, 0.29) is 0 Å². The second-order valence-corrected chi connectivity index (χ2v) is 11.0. The molecule has 5 aromatic carbocycles. The molecule has 1 aromatic heterocycles. The zero-order chi connectivity index (χ0) is 29.6. The van der Waals surface area contributed by atoms with Crippen LogP contribution in [0.4, 0.5) is 28.4 Å². The van der Waals surface area contributed by atoms with E-state index in [1.165, 1.54) is 20.9 Å². The molecule has 1 N–H and O–H groups in total. The van der Waals surface area contributed by atoms with E-state index in [4.69, 9.17) is 14.2 Å². The molecule has 1 heterocycles. The molecule has 6 aromatic rings. The molecule has 6 rings (SSSR count). The summed E-state index contributed by atoms with van der Waals surface area (Å²) in [4.78, 5) is 4.68. The van der Waals surface area contributed by atoms with Crippen LogP contribution in [0.5, 0.6) is 17.2 Å². The minimum Gasteiger partial charge on any atom is -0.497 e. The van der Waals surface area contributed by atoms with Crippen molar-refractivity contribution in [3.8, 4) is 38.1 Å². The summed E-state index contributed by atoms with van der Waals surface area (Å²) >= 11 is 1.79. The average Bonchev–Trinajstić information content (AvgIpc) is 3.57. The second kappa shape index (κ2) is 12.8. The van der Waals surface area contributed by atoms with Crippen LogP contribution in [0, 0.1) is 0 Å². The van der Waals surface area contributed by atoms with Crippen LogP contribution in [0.15, 0.2) is 133 Å². The van der Waals surface area contributed by atoms with Crippen molar-refractivity contribution in [1.29, 1.82) is 0 Å². The average molecular weight is 585 g/mol. The Hall–Kier alpha value is -5.20. The van der Waals surface area contributed by atoms with Gasteiger partial charge < -0.3 is 24.4 Å². The van der Waals surface area contributed by atoms with E-state index in [0.717, 1.165) is 45.7 Å². The van der Waals surface area contributed by atoms with Crippen LogP contribution < -0.4 is 24.4 Å². The number of nitrogens with zero attached hydrogens (tertiary/aromatic N) is 1. The minimum absolute atomic E-state index is 0.824. The Balaban J connectivity index is 1.21. The summed E-state index contributed by atoms with van der Waals surface area (Å²) in [5, 5.41) is 3.45. The van der Waals surface area contributed by atoms with Crippen LogP contribution in [0.2, 0.25) is 0 Å². The molecular formula is C37H32N2O3S. The van der Waals surface area contributed by atoms with Gasteiger partial charge in [0.05, 0.1) is 21.3 Å². The molecule has 0 amide bonds. The fourth-order valence-electron chi connectivity index (χ4n) is 4.89. The molecular weight excluding hydrogens is 552 g/mol.